The molecule has 2 aliphatic rings. The quantitative estimate of drug-likeness (QED) is 0.707. The molecule has 0 unspecified atom stereocenters. The van der Waals surface area contributed by atoms with Gasteiger partial charge in [-0.15, -0.1) is 0 Å². The van der Waals surface area contributed by atoms with Crippen molar-refractivity contribution in [2.45, 2.75) is 56.5 Å². The topological polar surface area (TPSA) is 76.4 Å². The van der Waals surface area contributed by atoms with Crippen molar-refractivity contribution in [3.63, 3.8) is 0 Å². The van der Waals surface area contributed by atoms with E-state index in [-0.39, 0.29) is 11.6 Å². The maximum absolute atomic E-state index is 12.0. The van der Waals surface area contributed by atoms with Gasteiger partial charge in [-0.05, 0) is 25.7 Å². The second kappa shape index (κ2) is 6.38. The molecule has 0 radical (unpaired) electrons. The Morgan fingerprint density at radius 3 is 2.50 bits per heavy atom. The van der Waals surface area contributed by atoms with Crippen molar-refractivity contribution >= 4 is 6.03 Å². The molecule has 2 fully saturated rings. The first-order valence-electron chi connectivity index (χ1n) is 7.11. The van der Waals surface area contributed by atoms with Crippen LogP contribution in [0.5, 0.6) is 0 Å². The Morgan fingerprint density at radius 1 is 1.22 bits per heavy atom. The van der Waals surface area contributed by atoms with Crippen LogP contribution in [0.4, 0.5) is 4.79 Å². The first kappa shape index (κ1) is 13.6. The molecule has 0 aromatic heterocycles. The van der Waals surface area contributed by atoms with Crippen LogP contribution in [0, 0.1) is 0 Å². The van der Waals surface area contributed by atoms with Gasteiger partial charge in [0.2, 0.25) is 0 Å². The van der Waals surface area contributed by atoms with Gasteiger partial charge in [-0.1, -0.05) is 19.3 Å². The van der Waals surface area contributed by atoms with Crippen molar-refractivity contribution in [3.8, 4) is 0 Å². The summed E-state index contributed by atoms with van der Waals surface area (Å²) in [4.78, 5) is 12.0. The van der Waals surface area contributed by atoms with Crippen molar-refractivity contribution in [1.82, 2.24) is 10.6 Å². The molecule has 4 N–H and O–H groups in total. The second-order valence-corrected chi connectivity index (χ2v) is 5.53. The van der Waals surface area contributed by atoms with E-state index in [0.29, 0.717) is 25.8 Å². The molecular weight excluding hydrogens is 230 g/mol. The highest BCUT2D eigenvalue weighted by Crippen LogP contribution is 2.20. The lowest BCUT2D eigenvalue weighted by atomic mass is 9.90. The largest absolute Gasteiger partial charge is 0.381 e. The van der Waals surface area contributed by atoms with Gasteiger partial charge in [0.25, 0.3) is 0 Å². The van der Waals surface area contributed by atoms with E-state index >= 15 is 0 Å². The summed E-state index contributed by atoms with van der Waals surface area (Å²) in [6.07, 6.45) is 7.56. The summed E-state index contributed by atoms with van der Waals surface area (Å²) in [5.74, 6) is 0. The van der Waals surface area contributed by atoms with E-state index in [4.69, 9.17) is 10.5 Å². The molecule has 0 atom stereocenters. The van der Waals surface area contributed by atoms with Gasteiger partial charge in [-0.3, -0.25) is 0 Å². The van der Waals surface area contributed by atoms with E-state index in [0.717, 1.165) is 25.7 Å². The molecule has 0 aromatic rings. The zero-order chi connectivity index (χ0) is 12.8. The van der Waals surface area contributed by atoms with E-state index in [1.165, 1.54) is 19.3 Å². The average molecular weight is 255 g/mol. The Morgan fingerprint density at radius 2 is 1.89 bits per heavy atom. The van der Waals surface area contributed by atoms with Crippen LogP contribution in [-0.2, 0) is 4.74 Å². The maximum atomic E-state index is 12.0. The van der Waals surface area contributed by atoms with E-state index in [2.05, 4.69) is 10.6 Å². The summed E-state index contributed by atoms with van der Waals surface area (Å²) < 4.78 is 5.33. The van der Waals surface area contributed by atoms with Crippen LogP contribution < -0.4 is 16.4 Å². The van der Waals surface area contributed by atoms with Crippen LogP contribution in [0.25, 0.3) is 0 Å². The molecule has 0 aromatic carbocycles. The Labute approximate surface area is 109 Å². The van der Waals surface area contributed by atoms with Crippen LogP contribution in [0.1, 0.15) is 44.9 Å². The first-order chi connectivity index (χ1) is 8.74. The van der Waals surface area contributed by atoms with Crippen LogP contribution in [-0.4, -0.2) is 37.4 Å². The molecule has 2 rings (SSSR count). The Hall–Kier alpha value is -0.810. The fraction of sp³-hybridized carbons (Fsp3) is 0.923. The minimum Gasteiger partial charge on any atom is -0.381 e. The van der Waals surface area contributed by atoms with Crippen LogP contribution >= 0.6 is 0 Å². The van der Waals surface area contributed by atoms with E-state index < -0.39 is 0 Å². The maximum Gasteiger partial charge on any atom is 0.315 e. The van der Waals surface area contributed by atoms with Crippen molar-refractivity contribution in [2.75, 3.05) is 19.8 Å². The third-order valence-corrected chi connectivity index (χ3v) is 4.16. The smallest absolute Gasteiger partial charge is 0.315 e. The lowest BCUT2D eigenvalue weighted by Crippen LogP contribution is -2.60. The number of hydrogen-bond donors (Lipinski definition) is 3. The molecule has 1 saturated carbocycles. The van der Waals surface area contributed by atoms with Gasteiger partial charge in [0.15, 0.2) is 0 Å². The number of hydrogen-bond acceptors (Lipinski definition) is 3. The molecule has 1 aliphatic heterocycles. The lowest BCUT2D eigenvalue weighted by molar-refractivity contribution is 0.0453. The fourth-order valence-corrected chi connectivity index (χ4v) is 2.85. The highest BCUT2D eigenvalue weighted by molar-refractivity contribution is 5.75. The third kappa shape index (κ3) is 3.59. The molecule has 1 saturated heterocycles. The Kier molecular flexibility index (Phi) is 4.83. The number of ether oxygens (including phenoxy) is 1. The normalized spacial score (nSPS) is 24.5. The molecule has 0 bridgehead atoms. The molecule has 1 aliphatic carbocycles. The number of nitrogens with two attached hydrogens (primary N) is 1. The highest BCUT2D eigenvalue weighted by Gasteiger charge is 2.33. The minimum absolute atomic E-state index is 0.0609. The van der Waals surface area contributed by atoms with Gasteiger partial charge in [-0.2, -0.15) is 0 Å². The lowest BCUT2D eigenvalue weighted by Gasteiger charge is -2.37. The summed E-state index contributed by atoms with van der Waals surface area (Å²) in [5, 5.41) is 6.15. The van der Waals surface area contributed by atoms with Crippen LogP contribution in [0.15, 0.2) is 0 Å². The predicted octanol–water partition coefficient (Wildman–Crippen LogP) is 1.13. The fourth-order valence-electron chi connectivity index (χ4n) is 2.85. The van der Waals surface area contributed by atoms with Crippen molar-refractivity contribution < 1.29 is 9.53 Å². The molecule has 2 amide bonds. The summed E-state index contributed by atoms with van der Waals surface area (Å²) >= 11 is 0. The number of carbonyl (C=O) groups is 1. The number of urea groups is 1. The first-order valence-corrected chi connectivity index (χ1v) is 7.11. The predicted molar refractivity (Wildman–Crippen MR) is 70.4 cm³/mol. The molecule has 5 nitrogen and oxygen atoms in total. The Bertz CT molecular complexity index is 271. The average Bonchev–Trinajstić information content (AvgIpc) is 2.41. The van der Waals surface area contributed by atoms with Gasteiger partial charge in [0, 0.05) is 25.8 Å². The second-order valence-electron chi connectivity index (χ2n) is 5.53. The number of rotatable bonds is 3. The van der Waals surface area contributed by atoms with Crippen molar-refractivity contribution in [1.29, 1.82) is 0 Å². The van der Waals surface area contributed by atoms with E-state index in [9.17, 15) is 4.79 Å². The van der Waals surface area contributed by atoms with Gasteiger partial charge in [-0.25, -0.2) is 4.79 Å². The minimum atomic E-state index is -0.267. The summed E-state index contributed by atoms with van der Waals surface area (Å²) in [6.45, 7) is 1.84. The molecule has 104 valence electrons. The zero-order valence-electron chi connectivity index (χ0n) is 11.0. The van der Waals surface area contributed by atoms with Gasteiger partial charge >= 0.3 is 6.03 Å². The number of nitrogens with one attached hydrogen (secondary N) is 2. The van der Waals surface area contributed by atoms with Gasteiger partial charge in [0.05, 0.1) is 5.54 Å². The monoisotopic (exact) mass is 255 g/mol. The van der Waals surface area contributed by atoms with Crippen LogP contribution in [0.2, 0.25) is 0 Å². The van der Waals surface area contributed by atoms with Crippen LogP contribution in [0.3, 0.4) is 0 Å². The molecule has 5 heteroatoms. The standard InChI is InChI=1S/C13H25N3O2/c14-10-13(6-8-18-9-7-13)16-12(17)15-11-4-2-1-3-5-11/h11H,1-10,14H2,(H2,15,16,17). The number of amides is 2. The SMILES string of the molecule is NCC1(NC(=O)NC2CCCCC2)CCOCC1. The third-order valence-electron chi connectivity index (χ3n) is 4.16. The van der Waals surface area contributed by atoms with Gasteiger partial charge in [0.1, 0.15) is 0 Å². The van der Waals surface area contributed by atoms with Crippen molar-refractivity contribution in [2.24, 2.45) is 5.73 Å². The summed E-state index contributed by atoms with van der Waals surface area (Å²) in [7, 11) is 0. The summed E-state index contributed by atoms with van der Waals surface area (Å²) in [5.41, 5.74) is 5.55. The number of carbonyl (C=O) groups excluding carboxylic acids is 1. The van der Waals surface area contributed by atoms with E-state index in [1.807, 2.05) is 0 Å². The molecular formula is C13H25N3O2. The zero-order valence-corrected chi connectivity index (χ0v) is 11.0. The molecule has 1 heterocycles. The van der Waals surface area contributed by atoms with E-state index in [1.54, 1.807) is 0 Å². The molecule has 18 heavy (non-hydrogen) atoms. The Balaban J connectivity index is 1.81. The van der Waals surface area contributed by atoms with Crippen molar-refractivity contribution in [3.05, 3.63) is 0 Å². The molecule has 0 spiro atoms. The van der Waals surface area contributed by atoms with Gasteiger partial charge < -0.3 is 21.1 Å². The highest BCUT2D eigenvalue weighted by atomic mass is 16.5. The summed E-state index contributed by atoms with van der Waals surface area (Å²) in [6, 6.07) is 0.280.